The zero-order chi connectivity index (χ0) is 17.5. The van der Waals surface area contributed by atoms with Gasteiger partial charge in [-0.15, -0.1) is 0 Å². The lowest BCUT2D eigenvalue weighted by Crippen LogP contribution is -3.13. The average molecular weight is 337 g/mol. The molecule has 1 amide bonds. The third-order valence-corrected chi connectivity index (χ3v) is 4.40. The van der Waals surface area contributed by atoms with Gasteiger partial charge in [0.2, 0.25) is 0 Å². The second kappa shape index (κ2) is 8.49. The van der Waals surface area contributed by atoms with Crippen LogP contribution in [0.4, 0.5) is 5.69 Å². The first-order chi connectivity index (χ1) is 12.3. The van der Waals surface area contributed by atoms with Gasteiger partial charge in [-0.25, -0.2) is 0 Å². The normalized spacial score (nSPS) is 16.8. The smallest absolute Gasteiger partial charge is 0.279 e. The molecule has 1 aliphatic heterocycles. The lowest BCUT2D eigenvalue weighted by molar-refractivity contribution is -0.886. The maximum absolute atomic E-state index is 12.4. The molecule has 0 aromatic heterocycles. The van der Waals surface area contributed by atoms with Gasteiger partial charge in [-0.1, -0.05) is 42.5 Å². The van der Waals surface area contributed by atoms with E-state index in [1.165, 1.54) is 16.0 Å². The molecule has 4 heteroatoms. The van der Waals surface area contributed by atoms with Crippen molar-refractivity contribution < 1.29 is 14.4 Å². The quantitative estimate of drug-likeness (QED) is 0.850. The summed E-state index contributed by atoms with van der Waals surface area (Å²) < 4.78 is 5.56. The molecular weight excluding hydrogens is 312 g/mol. The Morgan fingerprint density at radius 3 is 2.60 bits per heavy atom. The second-order valence-corrected chi connectivity index (χ2v) is 6.20. The summed E-state index contributed by atoms with van der Waals surface area (Å²) in [6, 6.07) is 18.0. The minimum absolute atomic E-state index is 0.0266. The number of ether oxygens (including phenoxy) is 1. The molecule has 0 fully saturated rings. The Kier molecular flexibility index (Phi) is 5.86. The molecular formula is C21H25N2O2+. The molecule has 0 aliphatic carbocycles. The molecule has 0 saturated heterocycles. The number of carbonyl (C=O) groups excluding carboxylic acids is 1. The van der Waals surface area contributed by atoms with Crippen molar-refractivity contribution in [2.24, 2.45) is 0 Å². The van der Waals surface area contributed by atoms with Gasteiger partial charge in [0.25, 0.3) is 5.91 Å². The van der Waals surface area contributed by atoms with Crippen molar-refractivity contribution in [2.75, 3.05) is 31.6 Å². The number of quaternary nitrogens is 1. The van der Waals surface area contributed by atoms with Gasteiger partial charge in [0.05, 0.1) is 25.4 Å². The van der Waals surface area contributed by atoms with E-state index in [-0.39, 0.29) is 5.91 Å². The lowest BCUT2D eigenvalue weighted by Gasteiger charge is -2.23. The van der Waals surface area contributed by atoms with Crippen molar-refractivity contribution in [3.05, 3.63) is 66.2 Å². The van der Waals surface area contributed by atoms with Gasteiger partial charge in [-0.3, -0.25) is 4.79 Å². The van der Waals surface area contributed by atoms with Crippen molar-refractivity contribution in [3.63, 3.8) is 0 Å². The fourth-order valence-corrected chi connectivity index (χ4v) is 3.13. The molecule has 0 bridgehead atoms. The number of nitrogens with one attached hydrogen (secondary N) is 2. The van der Waals surface area contributed by atoms with Crippen LogP contribution in [0.1, 0.15) is 18.9 Å². The van der Waals surface area contributed by atoms with Gasteiger partial charge in [-0.2, -0.15) is 0 Å². The van der Waals surface area contributed by atoms with Gasteiger partial charge in [0.1, 0.15) is 5.75 Å². The molecule has 4 nitrogen and oxygen atoms in total. The summed E-state index contributed by atoms with van der Waals surface area (Å²) in [5.74, 6) is 0.747. The zero-order valence-corrected chi connectivity index (χ0v) is 14.6. The van der Waals surface area contributed by atoms with Gasteiger partial charge in [0.15, 0.2) is 6.54 Å². The minimum atomic E-state index is 0.0266. The number of hydrogen-bond donors (Lipinski definition) is 2. The fourth-order valence-electron chi connectivity index (χ4n) is 3.13. The zero-order valence-electron chi connectivity index (χ0n) is 14.6. The summed E-state index contributed by atoms with van der Waals surface area (Å²) in [4.78, 5) is 13.7. The number of amides is 1. The number of benzene rings is 2. The summed E-state index contributed by atoms with van der Waals surface area (Å²) in [7, 11) is 0. The Morgan fingerprint density at radius 2 is 1.88 bits per heavy atom. The Balaban J connectivity index is 1.55. The highest BCUT2D eigenvalue weighted by Crippen LogP contribution is 2.23. The van der Waals surface area contributed by atoms with Gasteiger partial charge in [-0.05, 0) is 36.3 Å². The summed E-state index contributed by atoms with van der Waals surface area (Å²) in [6.45, 7) is 4.84. The molecule has 0 saturated carbocycles. The van der Waals surface area contributed by atoms with Crippen molar-refractivity contribution in [2.45, 2.75) is 13.3 Å². The van der Waals surface area contributed by atoms with Gasteiger partial charge < -0.3 is 15.0 Å². The molecule has 2 N–H and O–H groups in total. The monoisotopic (exact) mass is 337 g/mol. The van der Waals surface area contributed by atoms with E-state index in [9.17, 15) is 4.79 Å². The third-order valence-electron chi connectivity index (χ3n) is 4.40. The van der Waals surface area contributed by atoms with E-state index < -0.39 is 0 Å². The van der Waals surface area contributed by atoms with Crippen LogP contribution in [0.2, 0.25) is 0 Å². The van der Waals surface area contributed by atoms with E-state index in [1.807, 2.05) is 37.3 Å². The first kappa shape index (κ1) is 17.2. The van der Waals surface area contributed by atoms with Crippen molar-refractivity contribution in [1.29, 1.82) is 0 Å². The number of rotatable bonds is 6. The van der Waals surface area contributed by atoms with Gasteiger partial charge >= 0.3 is 0 Å². The molecule has 0 spiro atoms. The van der Waals surface area contributed by atoms with Crippen LogP contribution < -0.4 is 15.0 Å². The highest BCUT2D eigenvalue weighted by Gasteiger charge is 2.19. The maximum Gasteiger partial charge on any atom is 0.279 e. The van der Waals surface area contributed by atoms with Crippen LogP contribution in [0, 0.1) is 0 Å². The molecule has 3 rings (SSSR count). The molecule has 25 heavy (non-hydrogen) atoms. The number of anilines is 1. The Hall–Kier alpha value is -2.59. The van der Waals surface area contributed by atoms with Crippen LogP contribution in [0.3, 0.4) is 0 Å². The molecule has 1 unspecified atom stereocenters. The molecule has 2 aromatic rings. The maximum atomic E-state index is 12.4. The molecule has 1 heterocycles. The minimum Gasteiger partial charge on any atom is -0.492 e. The summed E-state index contributed by atoms with van der Waals surface area (Å²) >= 11 is 0. The SMILES string of the molecule is CCOc1ccccc1NC(=O)C[NH+]1CC=C(c2ccccc2)CC1. The Morgan fingerprint density at radius 1 is 1.12 bits per heavy atom. The highest BCUT2D eigenvalue weighted by atomic mass is 16.5. The third kappa shape index (κ3) is 4.70. The standard InChI is InChI=1S/C21H24N2O2/c1-2-25-20-11-7-6-10-19(20)22-21(24)16-23-14-12-18(13-15-23)17-8-4-3-5-9-17/h3-12H,2,13-16H2,1H3,(H,22,24)/p+1. The highest BCUT2D eigenvalue weighted by molar-refractivity contribution is 5.93. The molecule has 1 aliphatic rings. The van der Waals surface area contributed by atoms with E-state index in [2.05, 4.69) is 35.7 Å². The van der Waals surface area contributed by atoms with Crippen LogP contribution in [-0.4, -0.2) is 32.1 Å². The van der Waals surface area contributed by atoms with E-state index >= 15 is 0 Å². The largest absolute Gasteiger partial charge is 0.492 e. The molecule has 1 atom stereocenters. The van der Waals surface area contributed by atoms with Crippen LogP contribution in [0.25, 0.3) is 5.57 Å². The van der Waals surface area contributed by atoms with Crippen LogP contribution in [-0.2, 0) is 4.79 Å². The van der Waals surface area contributed by atoms with E-state index in [4.69, 9.17) is 4.74 Å². The fraction of sp³-hybridized carbons (Fsp3) is 0.286. The van der Waals surface area contributed by atoms with Crippen molar-refractivity contribution >= 4 is 17.2 Å². The summed E-state index contributed by atoms with van der Waals surface area (Å²) in [5.41, 5.74) is 3.41. The summed E-state index contributed by atoms with van der Waals surface area (Å²) in [5, 5.41) is 2.98. The average Bonchev–Trinajstić information content (AvgIpc) is 2.65. The summed E-state index contributed by atoms with van der Waals surface area (Å²) in [6.07, 6.45) is 3.26. The predicted octanol–water partition coefficient (Wildman–Crippen LogP) is 2.40. The molecule has 2 aromatic carbocycles. The topological polar surface area (TPSA) is 42.8 Å². The van der Waals surface area contributed by atoms with Crippen molar-refractivity contribution in [1.82, 2.24) is 0 Å². The first-order valence-corrected chi connectivity index (χ1v) is 8.86. The predicted molar refractivity (Wildman–Crippen MR) is 101 cm³/mol. The number of para-hydroxylation sites is 2. The van der Waals surface area contributed by atoms with Crippen LogP contribution in [0.15, 0.2) is 60.7 Å². The van der Waals surface area contributed by atoms with E-state index in [0.29, 0.717) is 13.2 Å². The van der Waals surface area contributed by atoms with Gasteiger partial charge in [0, 0.05) is 6.42 Å². The van der Waals surface area contributed by atoms with E-state index in [1.54, 1.807) is 0 Å². The van der Waals surface area contributed by atoms with Crippen LogP contribution in [0.5, 0.6) is 5.75 Å². The van der Waals surface area contributed by atoms with Crippen molar-refractivity contribution in [3.8, 4) is 5.75 Å². The second-order valence-electron chi connectivity index (χ2n) is 6.20. The number of carbonyl (C=O) groups is 1. The molecule has 0 radical (unpaired) electrons. The lowest BCUT2D eigenvalue weighted by atomic mass is 10.00. The molecule has 130 valence electrons. The first-order valence-electron chi connectivity index (χ1n) is 8.86. The Bertz CT molecular complexity index is 741. The van der Waals surface area contributed by atoms with Crippen LogP contribution >= 0.6 is 0 Å². The number of hydrogen-bond acceptors (Lipinski definition) is 2. The Labute approximate surface area is 149 Å². The van der Waals surface area contributed by atoms with E-state index in [0.717, 1.165) is 30.9 Å².